The predicted octanol–water partition coefficient (Wildman–Crippen LogP) is 2.56. The zero-order valence-corrected chi connectivity index (χ0v) is 17.2. The van der Waals surface area contributed by atoms with Gasteiger partial charge in [0.2, 0.25) is 11.8 Å². The lowest BCUT2D eigenvalue weighted by atomic mass is 9.92. The minimum absolute atomic E-state index is 0.000535. The molecule has 0 spiro atoms. The summed E-state index contributed by atoms with van der Waals surface area (Å²) in [6.07, 6.45) is 3.04. The van der Waals surface area contributed by atoms with Crippen LogP contribution in [0.4, 0.5) is 0 Å². The molecule has 3 atom stereocenters. The number of benzene rings is 1. The Kier molecular flexibility index (Phi) is 5.36. The highest BCUT2D eigenvalue weighted by molar-refractivity contribution is 5.89. The van der Waals surface area contributed by atoms with Gasteiger partial charge in [-0.15, -0.1) is 0 Å². The third-order valence-electron chi connectivity index (χ3n) is 6.66. The van der Waals surface area contributed by atoms with E-state index in [2.05, 4.69) is 0 Å². The normalized spacial score (nSPS) is 26.5. The first-order chi connectivity index (χ1) is 13.8. The third kappa shape index (κ3) is 4.02. The van der Waals surface area contributed by atoms with Crippen LogP contribution in [0.5, 0.6) is 0 Å². The van der Waals surface area contributed by atoms with E-state index >= 15 is 0 Å². The Hall–Kier alpha value is -2.37. The first-order valence-electron chi connectivity index (χ1n) is 10.7. The minimum Gasteiger partial charge on any atom is -0.481 e. The van der Waals surface area contributed by atoms with Gasteiger partial charge in [0.05, 0.1) is 5.92 Å². The third-order valence-corrected chi connectivity index (χ3v) is 6.66. The molecule has 2 amide bonds. The van der Waals surface area contributed by atoms with E-state index in [1.807, 2.05) is 38.1 Å². The molecule has 6 nitrogen and oxygen atoms in total. The smallest absolute Gasteiger partial charge is 0.308 e. The van der Waals surface area contributed by atoms with Crippen LogP contribution < -0.4 is 0 Å². The van der Waals surface area contributed by atoms with E-state index in [1.54, 1.807) is 9.80 Å². The van der Waals surface area contributed by atoms with E-state index in [-0.39, 0.29) is 30.2 Å². The van der Waals surface area contributed by atoms with Crippen LogP contribution in [0.15, 0.2) is 24.3 Å². The van der Waals surface area contributed by atoms with E-state index in [0.29, 0.717) is 31.8 Å². The van der Waals surface area contributed by atoms with Gasteiger partial charge in [-0.25, -0.2) is 0 Å². The number of carboxylic acids is 1. The SMILES string of the molecule is CC(C)CC(=O)N1Cc2ccccc2CC1C(=O)N1C[C@H](C(=O)O)[C@@H](C2CC2)C1. The maximum Gasteiger partial charge on any atom is 0.308 e. The van der Waals surface area contributed by atoms with Gasteiger partial charge in [-0.3, -0.25) is 14.4 Å². The van der Waals surface area contributed by atoms with E-state index in [4.69, 9.17) is 0 Å². The Morgan fingerprint density at radius 1 is 1.10 bits per heavy atom. The lowest BCUT2D eigenvalue weighted by Crippen LogP contribution is -2.53. The molecular weight excluding hydrogens is 368 g/mol. The summed E-state index contributed by atoms with van der Waals surface area (Å²) in [6, 6.07) is 7.43. The van der Waals surface area contributed by atoms with Crippen LogP contribution in [0.2, 0.25) is 0 Å². The molecule has 6 heteroatoms. The largest absolute Gasteiger partial charge is 0.481 e. The Bertz CT molecular complexity index is 817. The molecule has 1 aromatic rings. The summed E-state index contributed by atoms with van der Waals surface area (Å²) in [5.74, 6) is -0.683. The highest BCUT2D eigenvalue weighted by Gasteiger charge is 2.48. The van der Waals surface area contributed by atoms with E-state index in [1.165, 1.54) is 0 Å². The molecule has 0 radical (unpaired) electrons. The van der Waals surface area contributed by atoms with Gasteiger partial charge in [-0.2, -0.15) is 0 Å². The Morgan fingerprint density at radius 3 is 2.41 bits per heavy atom. The van der Waals surface area contributed by atoms with Crippen LogP contribution in [0.1, 0.15) is 44.2 Å². The zero-order valence-electron chi connectivity index (χ0n) is 17.2. The van der Waals surface area contributed by atoms with Crippen molar-refractivity contribution in [2.45, 2.75) is 52.1 Å². The number of amides is 2. The summed E-state index contributed by atoms with van der Waals surface area (Å²) in [4.78, 5) is 41.7. The Morgan fingerprint density at radius 2 is 1.79 bits per heavy atom. The Balaban J connectivity index is 1.57. The van der Waals surface area contributed by atoms with Crippen LogP contribution in [0.25, 0.3) is 0 Å². The number of hydrogen-bond acceptors (Lipinski definition) is 3. The maximum absolute atomic E-state index is 13.5. The summed E-state index contributed by atoms with van der Waals surface area (Å²) in [6.45, 7) is 5.22. The average Bonchev–Trinajstić information content (AvgIpc) is 3.43. The van der Waals surface area contributed by atoms with Gasteiger partial charge in [0, 0.05) is 32.5 Å². The number of carbonyl (C=O) groups is 3. The fourth-order valence-corrected chi connectivity index (χ4v) is 4.96. The molecule has 29 heavy (non-hydrogen) atoms. The second kappa shape index (κ2) is 7.81. The molecule has 2 heterocycles. The van der Waals surface area contributed by atoms with Crippen molar-refractivity contribution in [2.24, 2.45) is 23.7 Å². The molecule has 2 aliphatic heterocycles. The van der Waals surface area contributed by atoms with Crippen molar-refractivity contribution >= 4 is 17.8 Å². The van der Waals surface area contributed by atoms with Crippen molar-refractivity contribution < 1.29 is 19.5 Å². The highest BCUT2D eigenvalue weighted by Crippen LogP contribution is 2.44. The fourth-order valence-electron chi connectivity index (χ4n) is 4.96. The lowest BCUT2D eigenvalue weighted by molar-refractivity contribution is -0.147. The van der Waals surface area contributed by atoms with Gasteiger partial charge in [-0.1, -0.05) is 38.1 Å². The number of carbonyl (C=O) groups excluding carboxylic acids is 2. The van der Waals surface area contributed by atoms with Crippen molar-refractivity contribution in [2.75, 3.05) is 13.1 Å². The van der Waals surface area contributed by atoms with Crippen LogP contribution in [-0.2, 0) is 27.3 Å². The summed E-state index contributed by atoms with van der Waals surface area (Å²) < 4.78 is 0. The molecule has 0 bridgehead atoms. The quantitative estimate of drug-likeness (QED) is 0.827. The average molecular weight is 399 g/mol. The molecule has 156 valence electrons. The molecule has 3 aliphatic rings. The molecule has 1 saturated heterocycles. The summed E-state index contributed by atoms with van der Waals surface area (Å²) in [5, 5.41) is 9.64. The van der Waals surface area contributed by atoms with Crippen LogP contribution in [-0.4, -0.2) is 51.8 Å². The van der Waals surface area contributed by atoms with Crippen LogP contribution in [0.3, 0.4) is 0 Å². The molecule has 1 saturated carbocycles. The van der Waals surface area contributed by atoms with Crippen molar-refractivity contribution in [3.63, 3.8) is 0 Å². The molecule has 1 aromatic carbocycles. The number of likely N-dealkylation sites (tertiary alicyclic amines) is 1. The second-order valence-corrected chi connectivity index (χ2v) is 9.30. The maximum atomic E-state index is 13.5. The lowest BCUT2D eigenvalue weighted by Gasteiger charge is -2.38. The first kappa shape index (κ1) is 19.9. The second-order valence-electron chi connectivity index (χ2n) is 9.30. The first-order valence-corrected chi connectivity index (χ1v) is 10.7. The number of carboxylic acid groups (broad SMARTS) is 1. The molecule has 1 N–H and O–H groups in total. The number of hydrogen-bond donors (Lipinski definition) is 1. The summed E-state index contributed by atoms with van der Waals surface area (Å²) in [5.41, 5.74) is 2.20. The number of fused-ring (bicyclic) bond motifs is 1. The number of rotatable bonds is 5. The van der Waals surface area contributed by atoms with Crippen molar-refractivity contribution in [1.82, 2.24) is 9.80 Å². The number of nitrogens with zero attached hydrogens (tertiary/aromatic N) is 2. The van der Waals surface area contributed by atoms with Crippen molar-refractivity contribution in [3.8, 4) is 0 Å². The van der Waals surface area contributed by atoms with Gasteiger partial charge < -0.3 is 14.9 Å². The summed E-state index contributed by atoms with van der Waals surface area (Å²) >= 11 is 0. The van der Waals surface area contributed by atoms with Gasteiger partial charge in [0.25, 0.3) is 0 Å². The zero-order chi connectivity index (χ0) is 20.7. The summed E-state index contributed by atoms with van der Waals surface area (Å²) in [7, 11) is 0. The van der Waals surface area contributed by atoms with Gasteiger partial charge >= 0.3 is 5.97 Å². The number of aliphatic carboxylic acids is 1. The highest BCUT2D eigenvalue weighted by atomic mass is 16.4. The predicted molar refractivity (Wildman–Crippen MR) is 108 cm³/mol. The Labute approximate surface area is 171 Å². The molecule has 4 rings (SSSR count). The van der Waals surface area contributed by atoms with Gasteiger partial charge in [0.1, 0.15) is 6.04 Å². The van der Waals surface area contributed by atoms with E-state index in [0.717, 1.165) is 24.0 Å². The minimum atomic E-state index is -0.807. The molecule has 2 fully saturated rings. The van der Waals surface area contributed by atoms with Crippen LogP contribution >= 0.6 is 0 Å². The molecule has 1 aliphatic carbocycles. The molecule has 0 aromatic heterocycles. The topological polar surface area (TPSA) is 77.9 Å². The van der Waals surface area contributed by atoms with Gasteiger partial charge in [-0.05, 0) is 41.7 Å². The molecular formula is C23H30N2O4. The van der Waals surface area contributed by atoms with E-state index < -0.39 is 17.9 Å². The molecule has 1 unspecified atom stereocenters. The fraction of sp³-hybridized carbons (Fsp3) is 0.609. The van der Waals surface area contributed by atoms with Crippen molar-refractivity contribution in [1.29, 1.82) is 0 Å². The standard InChI is InChI=1S/C23H30N2O4/c1-14(2)9-21(26)25-11-17-6-4-3-5-16(17)10-20(25)22(27)24-12-18(15-7-8-15)19(13-24)23(28)29/h3-6,14-15,18-20H,7-13H2,1-2H3,(H,28,29)/t18-,19+,20?/m1/s1. The monoisotopic (exact) mass is 398 g/mol. The van der Waals surface area contributed by atoms with E-state index in [9.17, 15) is 19.5 Å². The van der Waals surface area contributed by atoms with Crippen LogP contribution in [0, 0.1) is 23.7 Å². The van der Waals surface area contributed by atoms with Gasteiger partial charge in [0.15, 0.2) is 0 Å². The van der Waals surface area contributed by atoms with Crippen molar-refractivity contribution in [3.05, 3.63) is 35.4 Å².